The third kappa shape index (κ3) is 5.19. The Kier molecular flexibility index (Phi) is 7.56. The molecule has 0 aliphatic rings. The fourth-order valence-electron chi connectivity index (χ4n) is 4.09. The van der Waals surface area contributed by atoms with Crippen LogP contribution >= 0.6 is 0 Å². The largest absolute Gasteiger partial charge is 0.335 e. The van der Waals surface area contributed by atoms with Crippen LogP contribution in [0.3, 0.4) is 0 Å². The zero-order valence-electron chi connectivity index (χ0n) is 21.3. The van der Waals surface area contributed by atoms with E-state index in [1.807, 2.05) is 44.2 Å². The van der Waals surface area contributed by atoms with E-state index < -0.39 is 0 Å². The summed E-state index contributed by atoms with van der Waals surface area (Å²) in [6.45, 7) is 13.0. The van der Waals surface area contributed by atoms with Gasteiger partial charge >= 0.3 is 0 Å². The zero-order chi connectivity index (χ0) is 25.7. The Morgan fingerprint density at radius 1 is 1.11 bits per heavy atom. The van der Waals surface area contributed by atoms with Crippen molar-refractivity contribution in [1.82, 2.24) is 30.0 Å². The van der Waals surface area contributed by atoms with Gasteiger partial charge in [-0.3, -0.25) is 10.1 Å². The van der Waals surface area contributed by atoms with Crippen molar-refractivity contribution in [3.63, 3.8) is 0 Å². The molecule has 0 spiro atoms. The van der Waals surface area contributed by atoms with Gasteiger partial charge in [0, 0.05) is 23.7 Å². The first-order chi connectivity index (χ1) is 17.4. The third-order valence-electron chi connectivity index (χ3n) is 5.87. The van der Waals surface area contributed by atoms with Gasteiger partial charge in [0.2, 0.25) is 0 Å². The van der Waals surface area contributed by atoms with E-state index in [1.165, 1.54) is 0 Å². The second-order valence-corrected chi connectivity index (χ2v) is 8.82. The van der Waals surface area contributed by atoms with Gasteiger partial charge in [-0.2, -0.15) is 5.10 Å². The summed E-state index contributed by atoms with van der Waals surface area (Å²) in [6, 6.07) is 6.32. The van der Waals surface area contributed by atoms with Crippen LogP contribution in [-0.2, 0) is 0 Å². The highest BCUT2D eigenvalue weighted by Crippen LogP contribution is 2.31. The number of nitrogens with one attached hydrogen (secondary N) is 2. The topological polar surface area (TPSA) is 73.5 Å². The number of pyridine rings is 1. The third-order valence-corrected chi connectivity index (χ3v) is 5.87. The molecule has 36 heavy (non-hydrogen) atoms. The summed E-state index contributed by atoms with van der Waals surface area (Å²) < 4.78 is 0. The summed E-state index contributed by atoms with van der Waals surface area (Å²) in [5, 5.41) is 8.74. The summed E-state index contributed by atoms with van der Waals surface area (Å²) >= 11 is 0. The highest BCUT2D eigenvalue weighted by atomic mass is 15.1. The van der Waals surface area contributed by atoms with Gasteiger partial charge in [-0.1, -0.05) is 61.8 Å². The molecule has 0 unspecified atom stereocenters. The molecule has 0 aliphatic carbocycles. The van der Waals surface area contributed by atoms with Gasteiger partial charge in [-0.25, -0.2) is 4.98 Å². The molecule has 6 nitrogen and oxygen atoms in total. The van der Waals surface area contributed by atoms with Gasteiger partial charge in [0.15, 0.2) is 5.82 Å². The Morgan fingerprint density at radius 2 is 1.94 bits per heavy atom. The van der Waals surface area contributed by atoms with Crippen molar-refractivity contribution >= 4 is 33.1 Å². The van der Waals surface area contributed by atoms with Crippen LogP contribution in [0.5, 0.6) is 0 Å². The quantitative estimate of drug-likeness (QED) is 0.263. The van der Waals surface area contributed by atoms with Gasteiger partial charge in [0.25, 0.3) is 0 Å². The molecule has 0 saturated heterocycles. The average Bonchev–Trinajstić information content (AvgIpc) is 3.49. The van der Waals surface area contributed by atoms with Crippen LogP contribution in [0.4, 0.5) is 0 Å². The summed E-state index contributed by atoms with van der Waals surface area (Å²) in [5.74, 6) is 0.685. The number of rotatable bonds is 9. The molecule has 3 aromatic heterocycles. The molecule has 0 fully saturated rings. The van der Waals surface area contributed by atoms with E-state index >= 15 is 0 Å². The number of H-pyrrole nitrogens is 2. The number of fused-ring (bicyclic) bond motifs is 2. The number of hydrogen-bond acceptors (Lipinski definition) is 4. The minimum atomic E-state index is 0.685. The Hall–Kier alpha value is -4.29. The maximum atomic E-state index is 4.91. The lowest BCUT2D eigenvalue weighted by atomic mass is 10.00. The first-order valence-corrected chi connectivity index (χ1v) is 11.9. The van der Waals surface area contributed by atoms with Gasteiger partial charge < -0.3 is 9.88 Å². The molecule has 1 aromatic carbocycles. The normalized spacial score (nSPS) is 13.1. The van der Waals surface area contributed by atoms with Gasteiger partial charge in [-0.05, 0) is 62.4 Å². The summed E-state index contributed by atoms with van der Waals surface area (Å²) in [6.07, 6.45) is 17.6. The van der Waals surface area contributed by atoms with Crippen molar-refractivity contribution in [2.45, 2.75) is 13.8 Å². The standard InChI is InChI=1S/C30H32N6/c1-7-10-11-12-20(4)25-17-31-18-27-28(25)33-30(32-27)29-24-16-23(13-14-26(24)34-35-29)22(9-3)15-21(8-2)19-36(5)6/h7-18H,2,4,19H2,1,3,5-6H3,(H,32,33)(H,34,35)/b10-7-,12-11-,21-15+,22-9+. The van der Waals surface area contributed by atoms with E-state index in [-0.39, 0.29) is 0 Å². The van der Waals surface area contributed by atoms with E-state index in [0.717, 1.165) is 62.0 Å². The molecule has 2 N–H and O–H groups in total. The lowest BCUT2D eigenvalue weighted by Crippen LogP contribution is -2.14. The van der Waals surface area contributed by atoms with Crippen LogP contribution in [0.25, 0.3) is 44.6 Å². The molecule has 4 aromatic rings. The van der Waals surface area contributed by atoms with Crippen LogP contribution < -0.4 is 0 Å². The predicted octanol–water partition coefficient (Wildman–Crippen LogP) is 6.72. The first kappa shape index (κ1) is 24.8. The number of likely N-dealkylation sites (N-methyl/N-ethyl adjacent to an activating group) is 1. The fraction of sp³-hybridized carbons (Fsp3) is 0.167. The zero-order valence-corrected chi connectivity index (χ0v) is 21.3. The van der Waals surface area contributed by atoms with Gasteiger partial charge in [-0.15, -0.1) is 0 Å². The number of nitrogens with zero attached hydrogens (tertiary/aromatic N) is 4. The number of allylic oxidation sites excluding steroid dienone is 8. The number of aromatic nitrogens is 5. The first-order valence-electron chi connectivity index (χ1n) is 11.9. The monoisotopic (exact) mass is 476 g/mol. The molecular weight excluding hydrogens is 444 g/mol. The molecule has 0 aliphatic heterocycles. The number of hydrogen-bond donors (Lipinski definition) is 2. The molecule has 0 saturated carbocycles. The Morgan fingerprint density at radius 3 is 2.67 bits per heavy atom. The van der Waals surface area contributed by atoms with Gasteiger partial charge in [0.1, 0.15) is 5.69 Å². The molecule has 0 radical (unpaired) electrons. The van der Waals surface area contributed by atoms with Crippen molar-refractivity contribution in [1.29, 1.82) is 0 Å². The average molecular weight is 477 g/mol. The second-order valence-electron chi connectivity index (χ2n) is 8.82. The van der Waals surface area contributed by atoms with Crippen LogP contribution in [0.2, 0.25) is 0 Å². The second kappa shape index (κ2) is 11.0. The number of imidazole rings is 1. The fourth-order valence-corrected chi connectivity index (χ4v) is 4.09. The molecule has 0 amide bonds. The molecule has 0 atom stereocenters. The van der Waals surface area contributed by atoms with Crippen molar-refractivity contribution < 1.29 is 0 Å². The summed E-state index contributed by atoms with van der Waals surface area (Å²) in [7, 11) is 4.11. The highest BCUT2D eigenvalue weighted by molar-refractivity contribution is 5.97. The van der Waals surface area contributed by atoms with Crippen molar-refractivity contribution in [2.75, 3.05) is 20.6 Å². The minimum Gasteiger partial charge on any atom is -0.335 e. The van der Waals surface area contributed by atoms with Crippen LogP contribution in [-0.4, -0.2) is 50.7 Å². The van der Waals surface area contributed by atoms with E-state index in [2.05, 4.69) is 82.7 Å². The SMILES string of the molecule is C=C/C(=C\C(=C/C)c1ccc2[nH]nc(-c3nc4c(C(=C)/C=C\C=C/C)cncc4[nH]3)c2c1)CN(C)C. The smallest absolute Gasteiger partial charge is 0.159 e. The van der Waals surface area contributed by atoms with Gasteiger partial charge in [0.05, 0.1) is 22.7 Å². The Balaban J connectivity index is 1.77. The molecule has 4 rings (SSSR count). The Labute approximate surface area is 212 Å². The molecule has 6 heteroatoms. The van der Waals surface area contributed by atoms with E-state index in [0.29, 0.717) is 5.82 Å². The molecule has 182 valence electrons. The summed E-state index contributed by atoms with van der Waals surface area (Å²) in [4.78, 5) is 14.8. The lowest BCUT2D eigenvalue weighted by molar-refractivity contribution is 0.449. The van der Waals surface area contributed by atoms with Crippen LogP contribution in [0.15, 0.2) is 91.9 Å². The molecule has 3 heterocycles. The van der Waals surface area contributed by atoms with E-state index in [4.69, 9.17) is 4.98 Å². The maximum Gasteiger partial charge on any atom is 0.159 e. The Bertz CT molecular complexity index is 1540. The minimum absolute atomic E-state index is 0.685. The van der Waals surface area contributed by atoms with E-state index in [1.54, 1.807) is 12.4 Å². The summed E-state index contributed by atoms with van der Waals surface area (Å²) in [5.41, 5.74) is 8.48. The molecule has 0 bridgehead atoms. The maximum absolute atomic E-state index is 4.91. The van der Waals surface area contributed by atoms with Crippen molar-refractivity contribution in [3.8, 4) is 11.5 Å². The van der Waals surface area contributed by atoms with Crippen LogP contribution in [0.1, 0.15) is 25.0 Å². The van der Waals surface area contributed by atoms with Crippen molar-refractivity contribution in [2.24, 2.45) is 0 Å². The number of benzene rings is 1. The molecular formula is C30H32N6. The highest BCUT2D eigenvalue weighted by Gasteiger charge is 2.16. The van der Waals surface area contributed by atoms with E-state index in [9.17, 15) is 0 Å². The predicted molar refractivity (Wildman–Crippen MR) is 152 cm³/mol. The lowest BCUT2D eigenvalue weighted by Gasteiger charge is -2.11. The van der Waals surface area contributed by atoms with Crippen molar-refractivity contribution in [3.05, 3.63) is 103 Å². The van der Waals surface area contributed by atoms with Crippen LogP contribution in [0, 0.1) is 0 Å². The number of aromatic amines is 2.